The second kappa shape index (κ2) is 8.35. The number of hydrogen-bond donors (Lipinski definition) is 1. The van der Waals surface area contributed by atoms with E-state index >= 15 is 0 Å². The van der Waals surface area contributed by atoms with Crippen LogP contribution in [0, 0.1) is 13.8 Å². The van der Waals surface area contributed by atoms with Gasteiger partial charge in [-0.05, 0) is 49.7 Å². The number of aromatic nitrogens is 3. The maximum atomic E-state index is 11.6. The number of nitrogens with zero attached hydrogens (tertiary/aromatic N) is 2. The number of aryl methyl sites for hydroxylation is 2. The van der Waals surface area contributed by atoms with Gasteiger partial charge in [0.05, 0.1) is 0 Å². The Morgan fingerprint density at radius 3 is 2.22 bits per heavy atom. The maximum Gasteiger partial charge on any atom is 0.573 e. The Morgan fingerprint density at radius 2 is 1.78 bits per heavy atom. The molecule has 9 heteroatoms. The lowest BCUT2D eigenvalue weighted by Crippen LogP contribution is -2.16. The Balaban J connectivity index is 0.000000194. The molecule has 2 aromatic heterocycles. The van der Waals surface area contributed by atoms with Gasteiger partial charge in [0.15, 0.2) is 5.82 Å². The Hall–Kier alpha value is -3.36. The molecule has 3 rings (SSSR count). The van der Waals surface area contributed by atoms with Crippen molar-refractivity contribution in [2.45, 2.75) is 20.2 Å². The lowest BCUT2D eigenvalue weighted by atomic mass is 10.2. The summed E-state index contributed by atoms with van der Waals surface area (Å²) in [5, 5.41) is 2.92. The molecule has 2 heterocycles. The molecule has 0 saturated carbocycles. The van der Waals surface area contributed by atoms with Crippen LogP contribution < -0.4 is 10.3 Å². The van der Waals surface area contributed by atoms with E-state index < -0.39 is 6.36 Å². The topological polar surface area (TPSA) is 77.0 Å². The van der Waals surface area contributed by atoms with Crippen LogP contribution >= 0.6 is 0 Å². The molecule has 0 radical (unpaired) electrons. The number of ether oxygens (including phenoxy) is 1. The van der Waals surface area contributed by atoms with Crippen molar-refractivity contribution in [1.29, 1.82) is 0 Å². The van der Waals surface area contributed by atoms with Crippen LogP contribution in [-0.2, 0) is 0 Å². The normalized spacial score (nSPS) is 10.7. The molecule has 27 heavy (non-hydrogen) atoms. The molecule has 1 aromatic carbocycles. The van der Waals surface area contributed by atoms with Crippen molar-refractivity contribution in [2.24, 2.45) is 0 Å². The van der Waals surface area contributed by atoms with Gasteiger partial charge in [0.2, 0.25) is 0 Å². The van der Waals surface area contributed by atoms with Gasteiger partial charge in [0.25, 0.3) is 5.56 Å². The first-order valence-corrected chi connectivity index (χ1v) is 7.70. The predicted molar refractivity (Wildman–Crippen MR) is 92.2 cm³/mol. The summed E-state index contributed by atoms with van der Waals surface area (Å²) in [5.41, 5.74) is 2.12. The highest BCUT2D eigenvalue weighted by atomic mass is 19.4. The number of carbonyl (C=O) groups is 1. The smallest absolute Gasteiger partial charge is 0.406 e. The van der Waals surface area contributed by atoms with E-state index in [1.165, 1.54) is 16.8 Å². The van der Waals surface area contributed by atoms with Gasteiger partial charge in [0.1, 0.15) is 12.0 Å². The fourth-order valence-corrected chi connectivity index (χ4v) is 2.02. The van der Waals surface area contributed by atoms with Gasteiger partial charge >= 0.3 is 6.36 Å². The van der Waals surface area contributed by atoms with Crippen molar-refractivity contribution in [3.63, 3.8) is 0 Å². The Bertz CT molecular complexity index is 943. The predicted octanol–water partition coefficient (Wildman–Crippen LogP) is 3.58. The Kier molecular flexibility index (Phi) is 6.17. The molecular weight excluding hydrogens is 363 g/mol. The van der Waals surface area contributed by atoms with Crippen LogP contribution in [-0.4, -0.2) is 27.4 Å². The number of halogens is 3. The number of aromatic amines is 1. The molecule has 1 N–H and O–H groups in total. The van der Waals surface area contributed by atoms with E-state index in [4.69, 9.17) is 0 Å². The Labute approximate surface area is 152 Å². The number of hydrogen-bond acceptors (Lipinski definition) is 4. The van der Waals surface area contributed by atoms with Gasteiger partial charge in [0, 0.05) is 23.5 Å². The summed E-state index contributed by atoms with van der Waals surface area (Å²) < 4.78 is 39.9. The third-order valence-electron chi connectivity index (χ3n) is 3.22. The molecule has 0 aliphatic rings. The quantitative estimate of drug-likeness (QED) is 0.706. The molecular formula is C18H16F3N3O3. The highest BCUT2D eigenvalue weighted by Crippen LogP contribution is 2.22. The molecule has 0 fully saturated rings. The minimum Gasteiger partial charge on any atom is -0.406 e. The summed E-state index contributed by atoms with van der Waals surface area (Å²) in [5.74, 6) is 0.284. The summed E-state index contributed by atoms with van der Waals surface area (Å²) >= 11 is 0. The molecule has 0 amide bonds. The first-order chi connectivity index (χ1) is 12.7. The third kappa shape index (κ3) is 6.14. The van der Waals surface area contributed by atoms with Crippen LogP contribution in [0.1, 0.15) is 21.6 Å². The van der Waals surface area contributed by atoms with Crippen LogP contribution in [0.15, 0.2) is 53.5 Å². The average molecular weight is 379 g/mol. The second-order valence-electron chi connectivity index (χ2n) is 5.54. The van der Waals surface area contributed by atoms with Crippen LogP contribution in [0.2, 0.25) is 0 Å². The first kappa shape index (κ1) is 20.0. The zero-order valence-electron chi connectivity index (χ0n) is 14.4. The molecule has 0 spiro atoms. The van der Waals surface area contributed by atoms with E-state index in [1.807, 2.05) is 26.0 Å². The van der Waals surface area contributed by atoms with E-state index in [2.05, 4.69) is 14.8 Å². The summed E-state index contributed by atoms with van der Waals surface area (Å²) in [7, 11) is 0. The average Bonchev–Trinajstić information content (AvgIpc) is 2.94. The minimum atomic E-state index is -4.69. The van der Waals surface area contributed by atoms with Gasteiger partial charge in [-0.2, -0.15) is 0 Å². The van der Waals surface area contributed by atoms with Crippen LogP contribution in [0.4, 0.5) is 13.2 Å². The molecule has 0 atom stereocenters. The van der Waals surface area contributed by atoms with Gasteiger partial charge in [-0.15, -0.1) is 13.2 Å². The zero-order chi connectivity index (χ0) is 20.0. The molecule has 0 aliphatic carbocycles. The van der Waals surface area contributed by atoms with Crippen molar-refractivity contribution in [1.82, 2.24) is 14.8 Å². The lowest BCUT2D eigenvalue weighted by molar-refractivity contribution is -0.274. The van der Waals surface area contributed by atoms with E-state index in [-0.39, 0.29) is 11.3 Å². The lowest BCUT2D eigenvalue weighted by Gasteiger charge is -2.07. The minimum absolute atomic E-state index is 0.0844. The van der Waals surface area contributed by atoms with E-state index in [0.717, 1.165) is 23.4 Å². The van der Waals surface area contributed by atoms with E-state index in [1.54, 1.807) is 12.3 Å². The monoisotopic (exact) mass is 379 g/mol. The number of nitrogens with one attached hydrogen (secondary N) is 1. The SMILES string of the molecule is Cc1ccc(-n2[nH]c(C)cc2=O)nc1.O=Cc1ccc(OC(F)(F)F)cc1. The van der Waals surface area contributed by atoms with Gasteiger partial charge in [-0.3, -0.25) is 14.7 Å². The molecule has 142 valence electrons. The molecule has 3 aromatic rings. The van der Waals surface area contributed by atoms with Crippen LogP contribution in [0.25, 0.3) is 5.82 Å². The second-order valence-corrected chi connectivity index (χ2v) is 5.54. The zero-order valence-corrected chi connectivity index (χ0v) is 14.4. The molecule has 0 bridgehead atoms. The van der Waals surface area contributed by atoms with Gasteiger partial charge < -0.3 is 4.74 Å². The fourth-order valence-electron chi connectivity index (χ4n) is 2.02. The molecule has 6 nitrogen and oxygen atoms in total. The third-order valence-corrected chi connectivity index (χ3v) is 3.22. The highest BCUT2D eigenvalue weighted by Gasteiger charge is 2.30. The molecule has 0 unspecified atom stereocenters. The summed E-state index contributed by atoms with van der Waals surface area (Å²) in [6.07, 6.45) is -2.42. The number of pyridine rings is 1. The number of alkyl halides is 3. The van der Waals surface area contributed by atoms with E-state index in [9.17, 15) is 22.8 Å². The van der Waals surface area contributed by atoms with Crippen LogP contribution in [0.5, 0.6) is 5.75 Å². The Morgan fingerprint density at radius 1 is 1.11 bits per heavy atom. The van der Waals surface area contributed by atoms with Gasteiger partial charge in [-0.1, -0.05) is 6.07 Å². The first-order valence-electron chi connectivity index (χ1n) is 7.70. The maximum absolute atomic E-state index is 11.6. The van der Waals surface area contributed by atoms with Crippen molar-refractivity contribution < 1.29 is 22.7 Å². The summed E-state index contributed by atoms with van der Waals surface area (Å²) in [4.78, 5) is 25.7. The fraction of sp³-hybridized carbons (Fsp3) is 0.167. The summed E-state index contributed by atoms with van der Waals surface area (Å²) in [6.45, 7) is 3.80. The number of aldehydes is 1. The van der Waals surface area contributed by atoms with E-state index in [0.29, 0.717) is 17.7 Å². The summed E-state index contributed by atoms with van der Waals surface area (Å²) in [6, 6.07) is 9.93. The van der Waals surface area contributed by atoms with Crippen molar-refractivity contribution in [3.05, 3.63) is 75.8 Å². The number of H-pyrrole nitrogens is 1. The van der Waals surface area contributed by atoms with Crippen molar-refractivity contribution >= 4 is 6.29 Å². The van der Waals surface area contributed by atoms with Crippen molar-refractivity contribution in [3.8, 4) is 11.6 Å². The van der Waals surface area contributed by atoms with Crippen molar-refractivity contribution in [2.75, 3.05) is 0 Å². The molecule has 0 saturated heterocycles. The van der Waals surface area contributed by atoms with Crippen LogP contribution in [0.3, 0.4) is 0 Å². The van der Waals surface area contributed by atoms with Gasteiger partial charge in [-0.25, -0.2) is 9.67 Å². The number of carbonyl (C=O) groups excluding carboxylic acids is 1. The highest BCUT2D eigenvalue weighted by molar-refractivity contribution is 5.74. The number of rotatable bonds is 3. The number of benzene rings is 1. The standard InChI is InChI=1S/C10H11N3O.C8H5F3O2/c1-7-3-4-9(11-6-7)13-10(14)5-8(2)12-13;9-8(10,11)13-7-3-1-6(5-12)2-4-7/h3-6,12H,1-2H3;1-5H. The molecule has 0 aliphatic heterocycles. The largest absolute Gasteiger partial charge is 0.573 e.